The largest absolute Gasteiger partial charge is 0.278 e. The number of aryl methyl sites for hydroxylation is 1. The molecule has 0 aliphatic heterocycles. The van der Waals surface area contributed by atoms with Crippen molar-refractivity contribution in [2.24, 2.45) is 0 Å². The SMILES string of the molecule is Cc1ccc(S(=O)(=O)Nc2ccccc2SCC(F)F)cc1. The fourth-order valence-electron chi connectivity index (χ4n) is 1.75. The number of thioether (sulfide) groups is 1. The summed E-state index contributed by atoms with van der Waals surface area (Å²) in [5.74, 6) is -0.386. The summed E-state index contributed by atoms with van der Waals surface area (Å²) < 4.78 is 51.8. The molecule has 2 aromatic rings. The van der Waals surface area contributed by atoms with E-state index in [1.165, 1.54) is 12.1 Å². The third-order valence-electron chi connectivity index (χ3n) is 2.83. The minimum Gasteiger partial charge on any atom is -0.278 e. The number of alkyl halides is 2. The van der Waals surface area contributed by atoms with E-state index >= 15 is 0 Å². The van der Waals surface area contributed by atoms with E-state index in [1.807, 2.05) is 6.92 Å². The summed E-state index contributed by atoms with van der Waals surface area (Å²) in [5, 5.41) is 0. The number of para-hydroxylation sites is 1. The van der Waals surface area contributed by atoms with Gasteiger partial charge < -0.3 is 0 Å². The number of benzene rings is 2. The van der Waals surface area contributed by atoms with Gasteiger partial charge in [0, 0.05) is 4.90 Å². The summed E-state index contributed by atoms with van der Waals surface area (Å²) in [6.45, 7) is 1.86. The number of hydrogen-bond acceptors (Lipinski definition) is 3. The van der Waals surface area contributed by atoms with Crippen LogP contribution >= 0.6 is 11.8 Å². The van der Waals surface area contributed by atoms with Crippen molar-refractivity contribution in [3.05, 3.63) is 54.1 Å². The normalized spacial score (nSPS) is 11.6. The van der Waals surface area contributed by atoms with Gasteiger partial charge in [-0.3, -0.25) is 4.72 Å². The molecule has 2 aromatic carbocycles. The van der Waals surface area contributed by atoms with E-state index in [0.29, 0.717) is 10.6 Å². The molecule has 3 nitrogen and oxygen atoms in total. The number of sulfonamides is 1. The molecule has 118 valence electrons. The van der Waals surface area contributed by atoms with Gasteiger partial charge >= 0.3 is 0 Å². The molecule has 0 heterocycles. The topological polar surface area (TPSA) is 46.2 Å². The van der Waals surface area contributed by atoms with Crippen molar-refractivity contribution in [1.82, 2.24) is 0 Å². The molecule has 2 rings (SSSR count). The fourth-order valence-corrected chi connectivity index (χ4v) is 3.65. The molecule has 0 radical (unpaired) electrons. The third kappa shape index (κ3) is 4.45. The highest BCUT2D eigenvalue weighted by Gasteiger charge is 2.16. The van der Waals surface area contributed by atoms with Crippen molar-refractivity contribution in [3.63, 3.8) is 0 Å². The maximum Gasteiger partial charge on any atom is 0.261 e. The van der Waals surface area contributed by atoms with Crippen molar-refractivity contribution >= 4 is 27.5 Å². The van der Waals surface area contributed by atoms with E-state index in [-0.39, 0.29) is 10.6 Å². The maximum atomic E-state index is 12.3. The van der Waals surface area contributed by atoms with Gasteiger partial charge in [0.15, 0.2) is 0 Å². The van der Waals surface area contributed by atoms with E-state index in [2.05, 4.69) is 4.72 Å². The zero-order chi connectivity index (χ0) is 16.2. The molecule has 0 aliphatic rings. The van der Waals surface area contributed by atoms with Crippen LogP contribution in [0.1, 0.15) is 5.56 Å². The lowest BCUT2D eigenvalue weighted by atomic mass is 10.2. The Morgan fingerprint density at radius 2 is 1.73 bits per heavy atom. The third-order valence-corrected chi connectivity index (χ3v) is 5.29. The van der Waals surface area contributed by atoms with Gasteiger partial charge in [-0.15, -0.1) is 11.8 Å². The summed E-state index contributed by atoms with van der Waals surface area (Å²) in [6.07, 6.45) is -2.45. The summed E-state index contributed by atoms with van der Waals surface area (Å²) in [7, 11) is -3.74. The van der Waals surface area contributed by atoms with Gasteiger partial charge in [0.05, 0.1) is 16.3 Å². The second-order valence-electron chi connectivity index (χ2n) is 4.62. The lowest BCUT2D eigenvalue weighted by molar-refractivity contribution is 0.177. The number of nitrogens with one attached hydrogen (secondary N) is 1. The van der Waals surface area contributed by atoms with Crippen molar-refractivity contribution < 1.29 is 17.2 Å². The van der Waals surface area contributed by atoms with Crippen molar-refractivity contribution in [2.45, 2.75) is 23.1 Å². The molecule has 0 saturated carbocycles. The van der Waals surface area contributed by atoms with Gasteiger partial charge in [0.2, 0.25) is 6.43 Å². The first-order valence-electron chi connectivity index (χ1n) is 6.48. The van der Waals surface area contributed by atoms with E-state index in [4.69, 9.17) is 0 Å². The Morgan fingerprint density at radius 1 is 1.09 bits per heavy atom. The fraction of sp³-hybridized carbons (Fsp3) is 0.200. The molecule has 0 bridgehead atoms. The summed E-state index contributed by atoms with van der Waals surface area (Å²) in [6, 6.07) is 12.9. The van der Waals surface area contributed by atoms with Crippen LogP contribution in [0.3, 0.4) is 0 Å². The Balaban J connectivity index is 2.24. The van der Waals surface area contributed by atoms with Crippen LogP contribution < -0.4 is 4.72 Å². The standard InChI is InChI=1S/C15H15F2NO2S2/c1-11-6-8-12(9-7-11)22(19,20)18-13-4-2-3-5-14(13)21-10-15(16)17/h2-9,15,18H,10H2,1H3. The van der Waals surface area contributed by atoms with Gasteiger partial charge in [0.1, 0.15) is 0 Å². The highest BCUT2D eigenvalue weighted by Crippen LogP contribution is 2.29. The zero-order valence-corrected chi connectivity index (χ0v) is 13.4. The summed E-state index contributed by atoms with van der Waals surface area (Å²) >= 11 is 0.917. The lowest BCUT2D eigenvalue weighted by Crippen LogP contribution is -2.13. The Morgan fingerprint density at radius 3 is 2.36 bits per heavy atom. The molecule has 7 heteroatoms. The van der Waals surface area contributed by atoms with Crippen LogP contribution in [0.15, 0.2) is 58.3 Å². The van der Waals surface area contributed by atoms with Crippen LogP contribution in [0.25, 0.3) is 0 Å². The summed E-state index contributed by atoms with van der Waals surface area (Å²) in [5.41, 5.74) is 1.25. The average Bonchev–Trinajstić information content (AvgIpc) is 2.46. The van der Waals surface area contributed by atoms with Gasteiger partial charge in [-0.1, -0.05) is 29.8 Å². The molecule has 0 unspecified atom stereocenters. The van der Waals surface area contributed by atoms with Crippen LogP contribution in [-0.4, -0.2) is 20.6 Å². The van der Waals surface area contributed by atoms with Crippen molar-refractivity contribution in [2.75, 3.05) is 10.5 Å². The van der Waals surface area contributed by atoms with Crippen LogP contribution in [0.2, 0.25) is 0 Å². The molecule has 0 saturated heterocycles. The molecular formula is C15H15F2NO2S2. The number of rotatable bonds is 6. The highest BCUT2D eigenvalue weighted by atomic mass is 32.2. The van der Waals surface area contributed by atoms with Crippen LogP contribution in [0, 0.1) is 6.92 Å². The quantitative estimate of drug-likeness (QED) is 0.802. The summed E-state index contributed by atoms with van der Waals surface area (Å²) in [4.78, 5) is 0.602. The molecule has 0 aliphatic carbocycles. The van der Waals surface area contributed by atoms with E-state index in [1.54, 1.807) is 36.4 Å². The Bertz CT molecular complexity index is 731. The first-order chi connectivity index (χ1) is 10.4. The van der Waals surface area contributed by atoms with Crippen molar-refractivity contribution in [1.29, 1.82) is 0 Å². The second kappa shape index (κ2) is 7.11. The molecular weight excluding hydrogens is 328 g/mol. The minimum atomic E-state index is -3.74. The Hall–Kier alpha value is -1.60. The predicted molar refractivity (Wildman–Crippen MR) is 85.2 cm³/mol. The first-order valence-corrected chi connectivity index (χ1v) is 8.95. The predicted octanol–water partition coefficient (Wildman–Crippen LogP) is 4.15. The Labute approximate surface area is 132 Å². The second-order valence-corrected chi connectivity index (χ2v) is 7.36. The number of hydrogen-bond donors (Lipinski definition) is 1. The monoisotopic (exact) mass is 343 g/mol. The van der Waals surface area contributed by atoms with E-state index in [0.717, 1.165) is 17.3 Å². The van der Waals surface area contributed by atoms with Crippen LogP contribution in [0.5, 0.6) is 0 Å². The smallest absolute Gasteiger partial charge is 0.261 e. The maximum absolute atomic E-state index is 12.3. The lowest BCUT2D eigenvalue weighted by Gasteiger charge is -2.12. The number of anilines is 1. The molecule has 0 aromatic heterocycles. The Kier molecular flexibility index (Phi) is 5.42. The minimum absolute atomic E-state index is 0.131. The van der Waals surface area contributed by atoms with Crippen LogP contribution in [-0.2, 0) is 10.0 Å². The number of halogens is 2. The van der Waals surface area contributed by atoms with E-state index in [9.17, 15) is 17.2 Å². The first kappa shape index (κ1) is 16.8. The highest BCUT2D eigenvalue weighted by molar-refractivity contribution is 7.99. The van der Waals surface area contributed by atoms with Crippen LogP contribution in [0.4, 0.5) is 14.5 Å². The zero-order valence-electron chi connectivity index (χ0n) is 11.8. The van der Waals surface area contributed by atoms with Crippen molar-refractivity contribution in [3.8, 4) is 0 Å². The molecule has 1 N–H and O–H groups in total. The molecule has 0 amide bonds. The van der Waals surface area contributed by atoms with Gasteiger partial charge in [-0.25, -0.2) is 17.2 Å². The van der Waals surface area contributed by atoms with E-state index < -0.39 is 16.4 Å². The molecule has 22 heavy (non-hydrogen) atoms. The average molecular weight is 343 g/mol. The van der Waals surface area contributed by atoms with Gasteiger partial charge in [0.25, 0.3) is 10.0 Å². The van der Waals surface area contributed by atoms with Gasteiger partial charge in [-0.2, -0.15) is 0 Å². The molecule has 0 spiro atoms. The molecule has 0 fully saturated rings. The van der Waals surface area contributed by atoms with Gasteiger partial charge in [-0.05, 0) is 31.2 Å². The molecule has 0 atom stereocenters.